The Morgan fingerprint density at radius 1 is 1.08 bits per heavy atom. The molecule has 0 bridgehead atoms. The highest BCUT2D eigenvalue weighted by Gasteiger charge is 2.67. The van der Waals surface area contributed by atoms with Gasteiger partial charge in [-0.2, -0.15) is 0 Å². The SMILES string of the molecule is CC1(C)C(=O)CC[C@]2(C)[C@@H]1C[C@@H](O)[C@]1(C)O[C@@](C)([C@H]3CO3)CC[C@H]21. The van der Waals surface area contributed by atoms with Crippen molar-refractivity contribution < 1.29 is 19.4 Å². The van der Waals surface area contributed by atoms with E-state index in [1.165, 1.54) is 0 Å². The summed E-state index contributed by atoms with van der Waals surface area (Å²) in [4.78, 5) is 12.5. The van der Waals surface area contributed by atoms with Crippen LogP contribution in [0, 0.1) is 22.7 Å². The summed E-state index contributed by atoms with van der Waals surface area (Å²) in [5, 5.41) is 11.1. The highest BCUT2D eigenvalue weighted by atomic mass is 16.6. The Morgan fingerprint density at radius 3 is 2.38 bits per heavy atom. The van der Waals surface area contributed by atoms with Crippen molar-refractivity contribution in [1.82, 2.24) is 0 Å². The van der Waals surface area contributed by atoms with Crippen molar-refractivity contribution in [1.29, 1.82) is 0 Å². The van der Waals surface area contributed by atoms with E-state index in [9.17, 15) is 9.90 Å². The zero-order valence-corrected chi connectivity index (χ0v) is 15.7. The number of rotatable bonds is 1. The fourth-order valence-electron chi connectivity index (χ4n) is 6.59. The van der Waals surface area contributed by atoms with Gasteiger partial charge in [-0.3, -0.25) is 4.79 Å². The zero-order valence-electron chi connectivity index (χ0n) is 15.7. The number of ether oxygens (including phenoxy) is 2. The normalized spacial score (nSPS) is 56.3. The molecule has 4 rings (SSSR count). The van der Waals surface area contributed by atoms with Gasteiger partial charge < -0.3 is 14.6 Å². The summed E-state index contributed by atoms with van der Waals surface area (Å²) in [6.45, 7) is 11.5. The van der Waals surface area contributed by atoms with Crippen LogP contribution in [0.1, 0.15) is 66.7 Å². The minimum atomic E-state index is -0.541. The first kappa shape index (κ1) is 17.0. The molecule has 0 amide bonds. The number of carbonyl (C=O) groups is 1. The molecule has 0 aromatic heterocycles. The fourth-order valence-corrected chi connectivity index (χ4v) is 6.59. The van der Waals surface area contributed by atoms with Crippen molar-refractivity contribution in [3.05, 3.63) is 0 Å². The lowest BCUT2D eigenvalue weighted by molar-refractivity contribution is -0.300. The average molecular weight is 336 g/mol. The van der Waals surface area contributed by atoms with E-state index in [0.29, 0.717) is 18.6 Å². The summed E-state index contributed by atoms with van der Waals surface area (Å²) in [6, 6.07) is 0. The van der Waals surface area contributed by atoms with E-state index in [0.717, 1.165) is 25.9 Å². The Hall–Kier alpha value is -0.450. The molecule has 7 atom stereocenters. The van der Waals surface area contributed by atoms with Crippen LogP contribution in [-0.4, -0.2) is 40.9 Å². The summed E-state index contributed by atoms with van der Waals surface area (Å²) in [6.07, 6.45) is 3.91. The largest absolute Gasteiger partial charge is 0.390 e. The molecule has 0 aromatic rings. The van der Waals surface area contributed by atoms with Gasteiger partial charge in [-0.25, -0.2) is 0 Å². The molecule has 1 N–H and O–H groups in total. The number of ketones is 1. The van der Waals surface area contributed by atoms with Gasteiger partial charge in [-0.05, 0) is 56.8 Å². The van der Waals surface area contributed by atoms with Crippen molar-refractivity contribution in [3.8, 4) is 0 Å². The monoisotopic (exact) mass is 336 g/mol. The Balaban J connectivity index is 1.71. The Bertz CT molecular complexity index is 568. The quantitative estimate of drug-likeness (QED) is 0.748. The molecule has 2 saturated heterocycles. The van der Waals surface area contributed by atoms with Crippen LogP contribution in [0.15, 0.2) is 0 Å². The van der Waals surface area contributed by atoms with Crippen molar-refractivity contribution in [2.45, 2.75) is 90.1 Å². The van der Waals surface area contributed by atoms with Gasteiger partial charge in [0.25, 0.3) is 0 Å². The minimum Gasteiger partial charge on any atom is -0.390 e. The lowest BCUT2D eigenvalue weighted by Crippen LogP contribution is -2.69. The molecule has 4 heteroatoms. The molecule has 136 valence electrons. The topological polar surface area (TPSA) is 59.1 Å². The third-order valence-corrected chi connectivity index (χ3v) is 8.28. The molecule has 2 aliphatic heterocycles. The molecule has 0 unspecified atom stereocenters. The molecule has 0 spiro atoms. The van der Waals surface area contributed by atoms with E-state index < -0.39 is 11.7 Å². The number of carbonyl (C=O) groups excluding carboxylic acids is 1. The van der Waals surface area contributed by atoms with Crippen LogP contribution in [0.3, 0.4) is 0 Å². The standard InChI is InChI=1S/C20H32O4/c1-17(2)13-10-15(22)20(5)12(18(13,3)8-7-14(17)21)6-9-19(4,24-20)16-11-23-16/h12-13,15-16,22H,6-11H2,1-5H3/t12-,13-,15-,16-,18+,19-,20-/m1/s1. The molecule has 0 radical (unpaired) electrons. The van der Waals surface area contributed by atoms with Crippen LogP contribution >= 0.6 is 0 Å². The van der Waals surface area contributed by atoms with Gasteiger partial charge in [0, 0.05) is 11.8 Å². The van der Waals surface area contributed by atoms with Crippen molar-refractivity contribution >= 4 is 5.78 Å². The predicted octanol–water partition coefficient (Wildman–Crippen LogP) is 3.11. The van der Waals surface area contributed by atoms with Gasteiger partial charge in [0.2, 0.25) is 0 Å². The first-order chi connectivity index (χ1) is 11.0. The van der Waals surface area contributed by atoms with Crippen LogP contribution in [0.25, 0.3) is 0 Å². The maximum Gasteiger partial charge on any atom is 0.138 e. The van der Waals surface area contributed by atoms with Crippen LogP contribution in [0.4, 0.5) is 0 Å². The number of hydrogen-bond acceptors (Lipinski definition) is 4. The molecule has 2 heterocycles. The number of fused-ring (bicyclic) bond motifs is 3. The zero-order chi connectivity index (χ0) is 17.5. The van der Waals surface area contributed by atoms with Crippen molar-refractivity contribution in [2.75, 3.05) is 6.61 Å². The smallest absolute Gasteiger partial charge is 0.138 e. The third kappa shape index (κ3) is 2.05. The molecule has 2 saturated carbocycles. The third-order valence-electron chi connectivity index (χ3n) is 8.28. The Morgan fingerprint density at radius 2 is 1.75 bits per heavy atom. The van der Waals surface area contributed by atoms with E-state index in [1.54, 1.807) is 0 Å². The summed E-state index contributed by atoms with van der Waals surface area (Å²) >= 11 is 0. The van der Waals surface area contributed by atoms with E-state index in [-0.39, 0.29) is 34.4 Å². The van der Waals surface area contributed by atoms with E-state index in [1.807, 2.05) is 0 Å². The first-order valence-electron chi connectivity index (χ1n) is 9.57. The van der Waals surface area contributed by atoms with Crippen molar-refractivity contribution in [3.63, 3.8) is 0 Å². The minimum absolute atomic E-state index is 0.0527. The van der Waals surface area contributed by atoms with E-state index in [2.05, 4.69) is 34.6 Å². The highest BCUT2D eigenvalue weighted by Crippen LogP contribution is 2.65. The maximum atomic E-state index is 12.5. The molecular formula is C20H32O4. The van der Waals surface area contributed by atoms with Crippen LogP contribution in [0.5, 0.6) is 0 Å². The summed E-state index contributed by atoms with van der Waals surface area (Å²) in [5.41, 5.74) is -1.12. The van der Waals surface area contributed by atoms with Gasteiger partial charge in [0.15, 0.2) is 0 Å². The summed E-state index contributed by atoms with van der Waals surface area (Å²) < 4.78 is 12.2. The van der Waals surface area contributed by atoms with Gasteiger partial charge in [-0.1, -0.05) is 20.8 Å². The number of Topliss-reactive ketones (excluding diaryl/α,β-unsaturated/α-hetero) is 1. The molecular weight excluding hydrogens is 304 g/mol. The Labute approximate surface area is 145 Å². The molecule has 0 aromatic carbocycles. The number of aliphatic hydroxyl groups excluding tert-OH is 1. The molecule has 4 nitrogen and oxygen atoms in total. The van der Waals surface area contributed by atoms with Crippen LogP contribution < -0.4 is 0 Å². The van der Waals surface area contributed by atoms with Gasteiger partial charge >= 0.3 is 0 Å². The summed E-state index contributed by atoms with van der Waals surface area (Å²) in [5.74, 6) is 0.871. The second-order valence-corrected chi connectivity index (χ2v) is 9.97. The second kappa shape index (κ2) is 4.83. The number of epoxide rings is 1. The second-order valence-electron chi connectivity index (χ2n) is 9.97. The van der Waals surface area contributed by atoms with Gasteiger partial charge in [0.1, 0.15) is 11.9 Å². The van der Waals surface area contributed by atoms with E-state index in [4.69, 9.17) is 9.47 Å². The molecule has 4 aliphatic rings. The Kier molecular flexibility index (Phi) is 3.42. The molecule has 2 aliphatic carbocycles. The van der Waals surface area contributed by atoms with Gasteiger partial charge in [-0.15, -0.1) is 0 Å². The first-order valence-corrected chi connectivity index (χ1v) is 9.57. The van der Waals surface area contributed by atoms with Crippen LogP contribution in [0.2, 0.25) is 0 Å². The molecule has 24 heavy (non-hydrogen) atoms. The predicted molar refractivity (Wildman–Crippen MR) is 90.6 cm³/mol. The molecule has 4 fully saturated rings. The maximum absolute atomic E-state index is 12.5. The van der Waals surface area contributed by atoms with Crippen LogP contribution in [-0.2, 0) is 14.3 Å². The lowest BCUT2D eigenvalue weighted by atomic mass is 9.43. The lowest BCUT2D eigenvalue weighted by Gasteiger charge is -2.66. The van der Waals surface area contributed by atoms with Crippen molar-refractivity contribution in [2.24, 2.45) is 22.7 Å². The summed E-state index contributed by atoms with van der Waals surface area (Å²) in [7, 11) is 0. The fraction of sp³-hybridized carbons (Fsp3) is 0.950. The van der Waals surface area contributed by atoms with Gasteiger partial charge in [0.05, 0.1) is 23.9 Å². The average Bonchev–Trinajstić information content (AvgIpc) is 3.32. The van der Waals surface area contributed by atoms with E-state index >= 15 is 0 Å². The number of hydrogen-bond donors (Lipinski definition) is 1. The number of aliphatic hydroxyl groups is 1. The highest BCUT2D eigenvalue weighted by molar-refractivity contribution is 5.85.